The highest BCUT2D eigenvalue weighted by Gasteiger charge is 2.43. The molecular formula is C16H18ClNO2. The van der Waals surface area contributed by atoms with Crippen LogP contribution in [-0.4, -0.2) is 29.2 Å². The van der Waals surface area contributed by atoms with Crippen molar-refractivity contribution in [2.75, 3.05) is 12.5 Å². The molecule has 1 saturated heterocycles. The number of alkyl halides is 1. The van der Waals surface area contributed by atoms with Crippen molar-refractivity contribution in [1.82, 2.24) is 4.98 Å². The Kier molecular flexibility index (Phi) is 4.14. The van der Waals surface area contributed by atoms with Gasteiger partial charge in [-0.3, -0.25) is 4.98 Å². The minimum Gasteiger partial charge on any atom is -0.489 e. The maximum atomic E-state index is 6.06. The Morgan fingerprint density at radius 2 is 2.35 bits per heavy atom. The van der Waals surface area contributed by atoms with E-state index in [1.807, 2.05) is 6.07 Å². The molecule has 0 aromatic carbocycles. The molecule has 1 aliphatic heterocycles. The van der Waals surface area contributed by atoms with Crippen LogP contribution in [0, 0.1) is 11.8 Å². The van der Waals surface area contributed by atoms with Crippen LogP contribution in [0.2, 0.25) is 0 Å². The molecule has 0 amide bonds. The fourth-order valence-electron chi connectivity index (χ4n) is 2.88. The van der Waals surface area contributed by atoms with Crippen molar-refractivity contribution in [2.24, 2.45) is 0 Å². The summed E-state index contributed by atoms with van der Waals surface area (Å²) in [7, 11) is 0. The summed E-state index contributed by atoms with van der Waals surface area (Å²) in [6.07, 6.45) is 9.25. The van der Waals surface area contributed by atoms with E-state index in [-0.39, 0.29) is 11.7 Å². The Hall–Kier alpha value is -1.24. The number of hydrogen-bond acceptors (Lipinski definition) is 3. The van der Waals surface area contributed by atoms with E-state index in [1.54, 1.807) is 12.4 Å². The Bertz CT molecular complexity index is 531. The van der Waals surface area contributed by atoms with Crippen LogP contribution in [0.1, 0.15) is 37.7 Å². The van der Waals surface area contributed by atoms with Crippen molar-refractivity contribution in [1.29, 1.82) is 0 Å². The summed E-state index contributed by atoms with van der Waals surface area (Å²) in [5.74, 6) is 6.90. The van der Waals surface area contributed by atoms with Gasteiger partial charge in [-0.1, -0.05) is 11.8 Å². The first-order valence-corrected chi connectivity index (χ1v) is 7.64. The lowest BCUT2D eigenvalue weighted by molar-refractivity contribution is -0.153. The molecular weight excluding hydrogens is 274 g/mol. The van der Waals surface area contributed by atoms with E-state index in [1.165, 1.54) is 19.3 Å². The number of ether oxygens (including phenoxy) is 2. The maximum Gasteiger partial charge on any atom is 0.139 e. The summed E-state index contributed by atoms with van der Waals surface area (Å²) in [4.78, 5) is 4.17. The third-order valence-electron chi connectivity index (χ3n) is 4.03. The van der Waals surface area contributed by atoms with Gasteiger partial charge in [-0.15, -0.1) is 11.6 Å². The topological polar surface area (TPSA) is 31.4 Å². The molecule has 4 heteroatoms. The van der Waals surface area contributed by atoms with Crippen LogP contribution < -0.4 is 4.74 Å². The van der Waals surface area contributed by atoms with Crippen LogP contribution in [-0.2, 0) is 4.74 Å². The molecule has 0 radical (unpaired) electrons. The first-order chi connectivity index (χ1) is 9.80. The number of hydrogen-bond donors (Lipinski definition) is 0. The summed E-state index contributed by atoms with van der Waals surface area (Å²) >= 11 is 5.56. The maximum absolute atomic E-state index is 6.06. The molecule has 0 N–H and O–H groups in total. The number of halogens is 1. The summed E-state index contributed by atoms with van der Waals surface area (Å²) in [6, 6.07) is 1.93. The molecule has 1 aromatic rings. The number of nitrogens with zero attached hydrogens (tertiary/aromatic N) is 1. The van der Waals surface area contributed by atoms with Gasteiger partial charge >= 0.3 is 0 Å². The van der Waals surface area contributed by atoms with E-state index in [0.29, 0.717) is 5.88 Å². The molecule has 1 aromatic heterocycles. The fourth-order valence-corrected chi connectivity index (χ4v) is 2.95. The first-order valence-electron chi connectivity index (χ1n) is 7.10. The van der Waals surface area contributed by atoms with Crippen molar-refractivity contribution in [3.05, 3.63) is 24.0 Å². The van der Waals surface area contributed by atoms with Gasteiger partial charge in [0.05, 0.1) is 24.3 Å². The minimum absolute atomic E-state index is 0.104. The highest BCUT2D eigenvalue weighted by molar-refractivity contribution is 6.19. The predicted octanol–water partition coefficient (Wildman–Crippen LogP) is 3.15. The minimum atomic E-state index is 0.104. The van der Waals surface area contributed by atoms with E-state index in [4.69, 9.17) is 21.1 Å². The lowest BCUT2D eigenvalue weighted by Crippen LogP contribution is -2.48. The molecule has 3 nitrogen and oxygen atoms in total. The average molecular weight is 292 g/mol. The molecule has 3 rings (SSSR count). The van der Waals surface area contributed by atoms with Crippen LogP contribution in [0.5, 0.6) is 5.75 Å². The van der Waals surface area contributed by atoms with Gasteiger partial charge in [-0.25, -0.2) is 0 Å². The van der Waals surface area contributed by atoms with Crippen molar-refractivity contribution in [3.8, 4) is 17.6 Å². The fraction of sp³-hybridized carbons (Fsp3) is 0.562. The molecule has 0 bridgehead atoms. The van der Waals surface area contributed by atoms with Gasteiger partial charge in [-0.05, 0) is 25.3 Å². The second kappa shape index (κ2) is 6.03. The molecule has 20 heavy (non-hydrogen) atoms. The van der Waals surface area contributed by atoms with Crippen molar-refractivity contribution in [2.45, 2.75) is 43.8 Å². The monoisotopic (exact) mass is 291 g/mol. The van der Waals surface area contributed by atoms with Crippen molar-refractivity contribution >= 4 is 11.6 Å². The second-order valence-electron chi connectivity index (χ2n) is 5.46. The summed E-state index contributed by atoms with van der Waals surface area (Å²) < 4.78 is 12.0. The Morgan fingerprint density at radius 1 is 1.45 bits per heavy atom. The number of rotatable bonds is 2. The zero-order valence-corrected chi connectivity index (χ0v) is 12.2. The Balaban J connectivity index is 1.65. The van der Waals surface area contributed by atoms with E-state index in [9.17, 15) is 0 Å². The van der Waals surface area contributed by atoms with Crippen LogP contribution in [0.3, 0.4) is 0 Å². The van der Waals surface area contributed by atoms with E-state index in [2.05, 4.69) is 16.8 Å². The lowest BCUT2D eigenvalue weighted by Gasteiger charge is -2.46. The quantitative estimate of drug-likeness (QED) is 0.619. The van der Waals surface area contributed by atoms with Gasteiger partial charge in [0, 0.05) is 24.6 Å². The molecule has 1 atom stereocenters. The highest BCUT2D eigenvalue weighted by atomic mass is 35.5. The van der Waals surface area contributed by atoms with Crippen LogP contribution in [0.4, 0.5) is 0 Å². The summed E-state index contributed by atoms with van der Waals surface area (Å²) in [5.41, 5.74) is 0.945. The number of aromatic nitrogens is 1. The zero-order valence-electron chi connectivity index (χ0n) is 11.4. The smallest absolute Gasteiger partial charge is 0.139 e. The third kappa shape index (κ3) is 3.08. The largest absolute Gasteiger partial charge is 0.489 e. The van der Waals surface area contributed by atoms with Crippen LogP contribution in [0.25, 0.3) is 0 Å². The molecule has 1 saturated carbocycles. The molecule has 1 spiro atoms. The number of pyridine rings is 1. The molecule has 1 unspecified atom stereocenters. The van der Waals surface area contributed by atoms with Crippen LogP contribution in [0.15, 0.2) is 18.5 Å². The summed E-state index contributed by atoms with van der Waals surface area (Å²) in [5, 5.41) is 0. The standard InChI is InChI=1S/C16H18ClNO2/c17-7-1-3-13-9-15(12-18-11-13)20-14-4-8-19-16(10-14)5-2-6-16/h9,11-12,14H,2,4-8,10H2. The van der Waals surface area contributed by atoms with E-state index >= 15 is 0 Å². The third-order valence-corrected chi connectivity index (χ3v) is 4.16. The zero-order chi connectivity index (χ0) is 13.8. The van der Waals surface area contributed by atoms with Crippen LogP contribution >= 0.6 is 11.6 Å². The van der Waals surface area contributed by atoms with Crippen molar-refractivity contribution in [3.63, 3.8) is 0 Å². The lowest BCUT2D eigenvalue weighted by atomic mass is 9.74. The van der Waals surface area contributed by atoms with Gasteiger partial charge < -0.3 is 9.47 Å². The average Bonchev–Trinajstić information content (AvgIpc) is 2.44. The van der Waals surface area contributed by atoms with Gasteiger partial charge in [0.1, 0.15) is 11.9 Å². The Labute approximate surface area is 124 Å². The first kappa shape index (κ1) is 13.7. The van der Waals surface area contributed by atoms with Gasteiger partial charge in [-0.2, -0.15) is 0 Å². The summed E-state index contributed by atoms with van der Waals surface area (Å²) in [6.45, 7) is 0.795. The van der Waals surface area contributed by atoms with E-state index in [0.717, 1.165) is 30.8 Å². The molecule has 2 aliphatic rings. The van der Waals surface area contributed by atoms with E-state index < -0.39 is 0 Å². The molecule has 1 aliphatic carbocycles. The predicted molar refractivity (Wildman–Crippen MR) is 78.0 cm³/mol. The van der Waals surface area contributed by atoms with Gasteiger partial charge in [0.25, 0.3) is 0 Å². The SMILES string of the molecule is ClCC#Cc1cncc(OC2CCOC3(CCC3)C2)c1. The normalized spacial score (nSPS) is 23.6. The highest BCUT2D eigenvalue weighted by Crippen LogP contribution is 2.43. The molecule has 106 valence electrons. The Morgan fingerprint density at radius 3 is 3.10 bits per heavy atom. The second-order valence-corrected chi connectivity index (χ2v) is 5.73. The molecule has 2 heterocycles. The molecule has 2 fully saturated rings. The van der Waals surface area contributed by atoms with Gasteiger partial charge in [0.15, 0.2) is 0 Å². The van der Waals surface area contributed by atoms with Gasteiger partial charge in [0.2, 0.25) is 0 Å². The van der Waals surface area contributed by atoms with Crippen molar-refractivity contribution < 1.29 is 9.47 Å².